The number of amides is 1. The molecular formula is C21H29N3O2. The second-order valence-electron chi connectivity index (χ2n) is 7.27. The lowest BCUT2D eigenvalue weighted by atomic mass is 9.99. The van der Waals surface area contributed by atoms with Crippen LogP contribution in [0.3, 0.4) is 0 Å². The van der Waals surface area contributed by atoms with E-state index >= 15 is 0 Å². The summed E-state index contributed by atoms with van der Waals surface area (Å²) < 4.78 is 0. The van der Waals surface area contributed by atoms with Crippen LogP contribution < -0.4 is 5.48 Å². The lowest BCUT2D eigenvalue weighted by molar-refractivity contribution is -0.132. The number of piperazine rings is 1. The number of hydrogen-bond acceptors (Lipinski definition) is 4. The highest BCUT2D eigenvalue weighted by Crippen LogP contribution is 2.18. The number of hydroxylamine groups is 1. The number of carbonyl (C=O) groups is 1. The van der Waals surface area contributed by atoms with Gasteiger partial charge in [-0.2, -0.15) is 0 Å². The third-order valence-corrected chi connectivity index (χ3v) is 5.24. The molecule has 1 aromatic rings. The molecule has 5 nitrogen and oxygen atoms in total. The van der Waals surface area contributed by atoms with Crippen molar-refractivity contribution in [2.45, 2.75) is 32.7 Å². The Balaban J connectivity index is 1.47. The van der Waals surface area contributed by atoms with Crippen molar-refractivity contribution >= 4 is 5.91 Å². The van der Waals surface area contributed by atoms with Gasteiger partial charge in [0.2, 0.25) is 5.91 Å². The summed E-state index contributed by atoms with van der Waals surface area (Å²) in [6.07, 6.45) is 9.85. The Morgan fingerprint density at radius 1 is 1.12 bits per heavy atom. The predicted octanol–water partition coefficient (Wildman–Crippen LogP) is 2.72. The number of nitrogens with zero attached hydrogens (tertiary/aromatic N) is 2. The highest BCUT2D eigenvalue weighted by molar-refractivity contribution is 5.77. The van der Waals surface area contributed by atoms with Crippen LogP contribution in [0.15, 0.2) is 48.2 Å². The van der Waals surface area contributed by atoms with Crippen molar-refractivity contribution in [3.8, 4) is 0 Å². The van der Waals surface area contributed by atoms with E-state index in [9.17, 15) is 4.79 Å². The van der Waals surface area contributed by atoms with Gasteiger partial charge in [0.1, 0.15) is 0 Å². The predicted molar refractivity (Wildman–Crippen MR) is 103 cm³/mol. The molecule has 3 rings (SSSR count). The Bertz CT molecular complexity index is 658. The van der Waals surface area contributed by atoms with E-state index in [1.807, 2.05) is 6.92 Å². The second-order valence-corrected chi connectivity index (χ2v) is 7.27. The maximum atomic E-state index is 11.4. The fraction of sp³-hybridized carbons (Fsp3) is 0.476. The largest absolute Gasteiger partial charge is 0.369 e. The van der Waals surface area contributed by atoms with Crippen molar-refractivity contribution in [1.29, 1.82) is 0 Å². The van der Waals surface area contributed by atoms with Gasteiger partial charge in [-0.3, -0.25) is 14.9 Å². The summed E-state index contributed by atoms with van der Waals surface area (Å²) in [5.74, 6) is -0.572. The minimum Gasteiger partial charge on any atom is -0.369 e. The molecule has 1 aliphatic carbocycles. The van der Waals surface area contributed by atoms with Gasteiger partial charge in [0.05, 0.1) is 0 Å². The molecule has 26 heavy (non-hydrogen) atoms. The van der Waals surface area contributed by atoms with Crippen LogP contribution in [-0.4, -0.2) is 47.1 Å². The molecule has 1 amide bonds. The Kier molecular flexibility index (Phi) is 6.47. The van der Waals surface area contributed by atoms with Crippen molar-refractivity contribution in [3.63, 3.8) is 0 Å². The third-order valence-electron chi connectivity index (χ3n) is 5.24. The molecule has 0 bridgehead atoms. The lowest BCUT2D eigenvalue weighted by Gasteiger charge is -2.37. The summed E-state index contributed by atoms with van der Waals surface area (Å²) in [7, 11) is 0. The van der Waals surface area contributed by atoms with Gasteiger partial charge in [0, 0.05) is 44.3 Å². The quantitative estimate of drug-likeness (QED) is 0.609. The van der Waals surface area contributed by atoms with E-state index < -0.39 is 0 Å². The molecular weight excluding hydrogens is 326 g/mol. The summed E-state index contributed by atoms with van der Waals surface area (Å²) in [5.41, 5.74) is 5.53. The van der Waals surface area contributed by atoms with Crippen LogP contribution in [0, 0.1) is 5.92 Å². The van der Waals surface area contributed by atoms with E-state index in [0.717, 1.165) is 44.7 Å². The molecule has 1 atom stereocenters. The second kappa shape index (κ2) is 9.01. The van der Waals surface area contributed by atoms with Gasteiger partial charge < -0.3 is 4.90 Å². The summed E-state index contributed by atoms with van der Waals surface area (Å²) in [5, 5.41) is 8.70. The molecule has 1 fully saturated rings. The molecule has 2 N–H and O–H groups in total. The van der Waals surface area contributed by atoms with Gasteiger partial charge in [-0.05, 0) is 36.5 Å². The molecule has 1 saturated heterocycles. The fourth-order valence-electron chi connectivity index (χ4n) is 3.59. The molecule has 2 aliphatic rings. The molecule has 140 valence electrons. The number of hydrogen-bond donors (Lipinski definition) is 2. The topological polar surface area (TPSA) is 55.8 Å². The third kappa shape index (κ3) is 4.96. The van der Waals surface area contributed by atoms with Gasteiger partial charge in [-0.25, -0.2) is 5.48 Å². The average molecular weight is 355 g/mol. The molecule has 1 heterocycles. The van der Waals surface area contributed by atoms with Crippen molar-refractivity contribution in [2.75, 3.05) is 26.2 Å². The molecule has 1 aliphatic heterocycles. The van der Waals surface area contributed by atoms with Crippen LogP contribution in [0.4, 0.5) is 0 Å². The zero-order chi connectivity index (χ0) is 18.4. The van der Waals surface area contributed by atoms with Crippen LogP contribution in [0.1, 0.15) is 30.9 Å². The van der Waals surface area contributed by atoms with Gasteiger partial charge in [0.15, 0.2) is 0 Å². The molecule has 0 saturated carbocycles. The lowest BCUT2D eigenvalue weighted by Crippen LogP contribution is -2.45. The van der Waals surface area contributed by atoms with E-state index in [2.05, 4.69) is 52.3 Å². The van der Waals surface area contributed by atoms with E-state index in [-0.39, 0.29) is 11.8 Å². The van der Waals surface area contributed by atoms with Gasteiger partial charge >= 0.3 is 0 Å². The van der Waals surface area contributed by atoms with Crippen molar-refractivity contribution < 1.29 is 10.0 Å². The fourth-order valence-corrected chi connectivity index (χ4v) is 3.59. The van der Waals surface area contributed by atoms with E-state index in [1.165, 1.54) is 17.7 Å². The molecule has 0 aromatic heterocycles. The maximum Gasteiger partial charge on any atom is 0.246 e. The Hall–Kier alpha value is -2.11. The number of rotatable bonds is 6. The maximum absolute atomic E-state index is 11.4. The van der Waals surface area contributed by atoms with Crippen LogP contribution in [0.2, 0.25) is 0 Å². The highest BCUT2D eigenvalue weighted by atomic mass is 16.5. The Morgan fingerprint density at radius 2 is 1.81 bits per heavy atom. The first-order chi connectivity index (χ1) is 12.7. The molecule has 5 heteroatoms. The van der Waals surface area contributed by atoms with Crippen LogP contribution >= 0.6 is 0 Å². The van der Waals surface area contributed by atoms with Crippen molar-refractivity contribution in [3.05, 3.63) is 59.3 Å². The number of nitrogens with one attached hydrogen (secondary N) is 1. The molecule has 0 radical (unpaired) electrons. The molecule has 1 aromatic carbocycles. The zero-order valence-corrected chi connectivity index (χ0v) is 15.5. The van der Waals surface area contributed by atoms with E-state index in [4.69, 9.17) is 5.21 Å². The number of allylic oxidation sites excluding steroid dienone is 3. The van der Waals surface area contributed by atoms with Crippen molar-refractivity contribution in [1.82, 2.24) is 15.3 Å². The first-order valence-electron chi connectivity index (χ1n) is 9.51. The summed E-state index contributed by atoms with van der Waals surface area (Å²) >= 11 is 0. The minimum absolute atomic E-state index is 0.234. The van der Waals surface area contributed by atoms with Crippen LogP contribution in [-0.2, 0) is 17.8 Å². The SMILES string of the molecule is CC(Cc1ccc(CN2CCN(C3=CCCC=C3)CC2)cc1)C(=O)NO. The number of carbonyl (C=O) groups excluding carboxylic acids is 1. The van der Waals surface area contributed by atoms with Crippen LogP contribution in [0.5, 0.6) is 0 Å². The standard InChI is InChI=1S/C21H29N3O2/c1-17(21(25)22-26)15-18-7-9-19(10-8-18)16-23-11-13-24(14-12-23)20-5-3-2-4-6-20/h3,5-10,17,26H,2,4,11-16H2,1H3,(H,22,25). The Labute approximate surface area is 155 Å². The average Bonchev–Trinajstić information content (AvgIpc) is 2.70. The van der Waals surface area contributed by atoms with Crippen molar-refractivity contribution in [2.24, 2.45) is 5.92 Å². The number of benzene rings is 1. The minimum atomic E-state index is -0.338. The monoisotopic (exact) mass is 355 g/mol. The van der Waals surface area contributed by atoms with Gasteiger partial charge in [-0.15, -0.1) is 0 Å². The van der Waals surface area contributed by atoms with E-state index in [1.54, 1.807) is 5.48 Å². The smallest absolute Gasteiger partial charge is 0.246 e. The highest BCUT2D eigenvalue weighted by Gasteiger charge is 2.18. The summed E-state index contributed by atoms with van der Waals surface area (Å²) in [4.78, 5) is 16.4. The zero-order valence-electron chi connectivity index (χ0n) is 15.5. The molecule has 1 unspecified atom stereocenters. The first-order valence-corrected chi connectivity index (χ1v) is 9.51. The summed E-state index contributed by atoms with van der Waals surface area (Å²) in [6.45, 7) is 7.12. The molecule has 0 spiro atoms. The van der Waals surface area contributed by atoms with E-state index in [0.29, 0.717) is 6.42 Å². The first kappa shape index (κ1) is 18.7. The summed E-state index contributed by atoms with van der Waals surface area (Å²) in [6, 6.07) is 8.48. The van der Waals surface area contributed by atoms with Gasteiger partial charge in [0.25, 0.3) is 0 Å². The normalized spacial score (nSPS) is 19.2. The van der Waals surface area contributed by atoms with Gasteiger partial charge in [-0.1, -0.05) is 43.3 Å². The van der Waals surface area contributed by atoms with Crippen LogP contribution in [0.25, 0.3) is 0 Å². The Morgan fingerprint density at radius 3 is 2.42 bits per heavy atom.